The lowest BCUT2D eigenvalue weighted by molar-refractivity contribution is -0.384. The molecule has 0 aliphatic heterocycles. The Balaban J connectivity index is 1.71. The lowest BCUT2D eigenvalue weighted by Gasteiger charge is -2.09. The van der Waals surface area contributed by atoms with E-state index in [0.717, 1.165) is 22.5 Å². The molecule has 0 radical (unpaired) electrons. The summed E-state index contributed by atoms with van der Waals surface area (Å²) in [5, 5.41) is 29.7. The fourth-order valence-electron chi connectivity index (χ4n) is 3.18. The Morgan fingerprint density at radius 3 is 2.65 bits per heavy atom. The second-order valence-corrected chi connectivity index (χ2v) is 7.22. The molecular formula is C24H19N5O5. The standard InChI is InChI=1S/C24H19N5O5/c1-16(17-7-3-2-4-8-17)27-34-15-23-26-21-10-6-5-9-20(21)24(31)28(23)25-14-18-13-19(29(32)33)11-12-22(18)30/h2-14,30H,15H2,1H3/b25-14-,27-16-. The predicted molar refractivity (Wildman–Crippen MR) is 127 cm³/mol. The molecule has 170 valence electrons. The van der Waals surface area contributed by atoms with Gasteiger partial charge in [0.25, 0.3) is 11.2 Å². The molecule has 0 saturated heterocycles. The lowest BCUT2D eigenvalue weighted by Crippen LogP contribution is -2.22. The third-order valence-electron chi connectivity index (χ3n) is 4.94. The molecule has 4 aromatic rings. The first-order valence-corrected chi connectivity index (χ1v) is 10.2. The molecule has 0 unspecified atom stereocenters. The molecule has 4 rings (SSSR count). The van der Waals surface area contributed by atoms with Gasteiger partial charge in [-0.15, -0.1) is 0 Å². The Morgan fingerprint density at radius 1 is 1.15 bits per heavy atom. The number of non-ortho nitro benzene ring substituents is 1. The van der Waals surface area contributed by atoms with Crippen LogP contribution in [-0.2, 0) is 11.4 Å². The maximum absolute atomic E-state index is 13.1. The van der Waals surface area contributed by atoms with Crippen LogP contribution < -0.4 is 5.56 Å². The Hall–Kier alpha value is -4.86. The van der Waals surface area contributed by atoms with E-state index in [0.29, 0.717) is 16.6 Å². The number of nitrogens with zero attached hydrogens (tertiary/aromatic N) is 5. The van der Waals surface area contributed by atoms with Crippen LogP contribution in [-0.4, -0.2) is 31.6 Å². The summed E-state index contributed by atoms with van der Waals surface area (Å²) in [5.74, 6) is -0.0634. The summed E-state index contributed by atoms with van der Waals surface area (Å²) in [6.45, 7) is 1.63. The third-order valence-corrected chi connectivity index (χ3v) is 4.94. The first-order chi connectivity index (χ1) is 16.4. The quantitative estimate of drug-likeness (QED) is 0.255. The Morgan fingerprint density at radius 2 is 1.88 bits per heavy atom. The molecule has 1 heterocycles. The van der Waals surface area contributed by atoms with Gasteiger partial charge in [0.15, 0.2) is 12.4 Å². The monoisotopic (exact) mass is 457 g/mol. The molecule has 1 aromatic heterocycles. The van der Waals surface area contributed by atoms with E-state index < -0.39 is 10.5 Å². The summed E-state index contributed by atoms with van der Waals surface area (Å²) >= 11 is 0. The van der Waals surface area contributed by atoms with E-state index in [9.17, 15) is 20.0 Å². The van der Waals surface area contributed by atoms with Gasteiger partial charge in [0, 0.05) is 17.7 Å². The highest BCUT2D eigenvalue weighted by Gasteiger charge is 2.13. The van der Waals surface area contributed by atoms with Crippen molar-refractivity contribution < 1.29 is 14.9 Å². The number of fused-ring (bicyclic) bond motifs is 1. The normalized spacial score (nSPS) is 11.7. The van der Waals surface area contributed by atoms with Crippen molar-refractivity contribution in [1.29, 1.82) is 0 Å². The molecule has 0 aliphatic rings. The molecule has 0 spiro atoms. The zero-order valence-corrected chi connectivity index (χ0v) is 18.0. The Labute approximate surface area is 193 Å². The van der Waals surface area contributed by atoms with Crippen LogP contribution in [0.2, 0.25) is 0 Å². The van der Waals surface area contributed by atoms with Crippen LogP contribution in [0.3, 0.4) is 0 Å². The molecule has 0 amide bonds. The minimum absolute atomic E-state index is 0.0686. The summed E-state index contributed by atoms with van der Waals surface area (Å²) in [6.07, 6.45) is 1.15. The van der Waals surface area contributed by atoms with Crippen molar-refractivity contribution in [3.8, 4) is 5.75 Å². The summed E-state index contributed by atoms with van der Waals surface area (Å²) in [4.78, 5) is 33.5. The van der Waals surface area contributed by atoms with Crippen molar-refractivity contribution in [2.45, 2.75) is 13.5 Å². The minimum atomic E-state index is -0.590. The highest BCUT2D eigenvalue weighted by Crippen LogP contribution is 2.21. The number of oxime groups is 1. The van der Waals surface area contributed by atoms with Gasteiger partial charge in [-0.1, -0.05) is 47.6 Å². The molecule has 1 N–H and O–H groups in total. The van der Waals surface area contributed by atoms with Gasteiger partial charge in [0.1, 0.15) is 5.75 Å². The van der Waals surface area contributed by atoms with Crippen LogP contribution in [0.1, 0.15) is 23.9 Å². The fraction of sp³-hybridized carbons (Fsp3) is 0.0833. The van der Waals surface area contributed by atoms with Crippen LogP contribution in [0.5, 0.6) is 5.75 Å². The zero-order chi connectivity index (χ0) is 24.1. The number of nitro groups is 1. The van der Waals surface area contributed by atoms with E-state index in [1.165, 1.54) is 12.1 Å². The molecule has 0 bridgehead atoms. The first-order valence-electron chi connectivity index (χ1n) is 10.2. The molecule has 0 fully saturated rings. The van der Waals surface area contributed by atoms with Crippen molar-refractivity contribution in [2.24, 2.45) is 10.3 Å². The van der Waals surface area contributed by atoms with E-state index in [1.54, 1.807) is 31.2 Å². The highest BCUT2D eigenvalue weighted by atomic mass is 16.6. The van der Waals surface area contributed by atoms with Gasteiger partial charge < -0.3 is 9.94 Å². The predicted octanol–water partition coefficient (Wildman–Crippen LogP) is 3.83. The molecule has 0 saturated carbocycles. The molecular weight excluding hydrogens is 438 g/mol. The van der Waals surface area contributed by atoms with E-state index in [1.807, 2.05) is 30.3 Å². The van der Waals surface area contributed by atoms with Crippen LogP contribution >= 0.6 is 0 Å². The van der Waals surface area contributed by atoms with Crippen molar-refractivity contribution in [2.75, 3.05) is 0 Å². The summed E-state index contributed by atoms with van der Waals surface area (Å²) < 4.78 is 1.02. The molecule has 34 heavy (non-hydrogen) atoms. The average Bonchev–Trinajstić information content (AvgIpc) is 2.85. The zero-order valence-electron chi connectivity index (χ0n) is 18.0. The number of hydrogen-bond acceptors (Lipinski definition) is 8. The van der Waals surface area contributed by atoms with Crippen LogP contribution in [0, 0.1) is 10.1 Å². The highest BCUT2D eigenvalue weighted by molar-refractivity contribution is 5.98. The second-order valence-electron chi connectivity index (χ2n) is 7.22. The largest absolute Gasteiger partial charge is 0.507 e. The van der Waals surface area contributed by atoms with E-state index in [4.69, 9.17) is 4.84 Å². The fourth-order valence-corrected chi connectivity index (χ4v) is 3.18. The van der Waals surface area contributed by atoms with E-state index in [-0.39, 0.29) is 29.4 Å². The van der Waals surface area contributed by atoms with Crippen molar-refractivity contribution in [1.82, 2.24) is 9.66 Å². The Kier molecular flexibility index (Phi) is 6.40. The second kappa shape index (κ2) is 9.74. The smallest absolute Gasteiger partial charge is 0.282 e. The average molecular weight is 457 g/mol. The van der Waals surface area contributed by atoms with Gasteiger partial charge in [0.2, 0.25) is 0 Å². The summed E-state index contributed by atoms with van der Waals surface area (Å²) in [7, 11) is 0. The number of para-hydroxylation sites is 1. The molecule has 10 nitrogen and oxygen atoms in total. The molecule has 0 atom stereocenters. The number of nitro benzene ring substituents is 1. The van der Waals surface area contributed by atoms with Crippen molar-refractivity contribution in [3.63, 3.8) is 0 Å². The van der Waals surface area contributed by atoms with Gasteiger partial charge in [0.05, 0.1) is 27.8 Å². The maximum atomic E-state index is 13.1. The summed E-state index contributed by atoms with van der Waals surface area (Å²) in [6, 6.07) is 19.7. The van der Waals surface area contributed by atoms with Gasteiger partial charge in [-0.2, -0.15) is 9.78 Å². The number of phenolic OH excluding ortho intramolecular Hbond substituents is 1. The van der Waals surface area contributed by atoms with E-state index >= 15 is 0 Å². The van der Waals surface area contributed by atoms with Crippen LogP contribution in [0.25, 0.3) is 10.9 Å². The maximum Gasteiger partial charge on any atom is 0.282 e. The van der Waals surface area contributed by atoms with Crippen LogP contribution in [0.15, 0.2) is 87.8 Å². The minimum Gasteiger partial charge on any atom is -0.507 e. The van der Waals surface area contributed by atoms with Crippen LogP contribution in [0.4, 0.5) is 5.69 Å². The lowest BCUT2D eigenvalue weighted by atomic mass is 10.1. The molecule has 10 heteroatoms. The first kappa shape index (κ1) is 22.3. The number of aromatic nitrogens is 2. The topological polar surface area (TPSA) is 132 Å². The SMILES string of the molecule is C/C(=N/OCc1nc2ccccc2c(=O)n1/N=C\c1cc([N+](=O)[O-])ccc1O)c1ccccc1. The molecule has 0 aliphatic carbocycles. The van der Waals surface area contributed by atoms with Gasteiger partial charge in [-0.25, -0.2) is 4.98 Å². The number of phenols is 1. The van der Waals surface area contributed by atoms with Gasteiger partial charge >= 0.3 is 0 Å². The van der Waals surface area contributed by atoms with Crippen molar-refractivity contribution in [3.05, 3.63) is 110 Å². The molecule has 3 aromatic carbocycles. The van der Waals surface area contributed by atoms with E-state index in [2.05, 4.69) is 15.2 Å². The number of benzene rings is 3. The number of rotatable bonds is 7. The number of aromatic hydroxyl groups is 1. The Bertz CT molecular complexity index is 1480. The van der Waals surface area contributed by atoms with Gasteiger partial charge in [-0.3, -0.25) is 14.9 Å². The van der Waals surface area contributed by atoms with Gasteiger partial charge in [-0.05, 0) is 30.7 Å². The summed E-state index contributed by atoms with van der Waals surface area (Å²) in [5.41, 5.74) is 1.36. The third kappa shape index (κ3) is 4.80. The van der Waals surface area contributed by atoms with Crippen molar-refractivity contribution >= 4 is 28.5 Å². The number of hydrogen-bond donors (Lipinski definition) is 1.